The summed E-state index contributed by atoms with van der Waals surface area (Å²) >= 11 is 0. The van der Waals surface area contributed by atoms with Crippen LogP contribution in [0.25, 0.3) is 0 Å². The Morgan fingerprint density at radius 1 is 1.41 bits per heavy atom. The summed E-state index contributed by atoms with van der Waals surface area (Å²) in [5, 5.41) is 28.4. The first-order valence-electron chi connectivity index (χ1n) is 5.05. The van der Waals surface area contributed by atoms with E-state index in [-0.39, 0.29) is 30.4 Å². The molecule has 2 atom stereocenters. The average Bonchev–Trinajstić information content (AvgIpc) is 2.31. The highest BCUT2D eigenvalue weighted by atomic mass is 19.1. The van der Waals surface area contributed by atoms with Gasteiger partial charge in [-0.05, 0) is 30.7 Å². The summed E-state index contributed by atoms with van der Waals surface area (Å²) in [7, 11) is 0. The van der Waals surface area contributed by atoms with Crippen molar-refractivity contribution < 1.29 is 24.5 Å². The molecule has 6 heteroatoms. The molecular formula is C11H14FNO4. The summed E-state index contributed by atoms with van der Waals surface area (Å²) in [6.07, 6.45) is -2.10. The molecule has 0 spiro atoms. The van der Waals surface area contributed by atoms with E-state index in [1.807, 2.05) is 0 Å². The van der Waals surface area contributed by atoms with Gasteiger partial charge in [-0.1, -0.05) is 0 Å². The molecule has 0 saturated carbocycles. The number of carbonyl (C=O) groups excluding carboxylic acids is 1. The fourth-order valence-corrected chi connectivity index (χ4v) is 1.45. The molecule has 0 saturated heterocycles. The van der Waals surface area contributed by atoms with Crippen molar-refractivity contribution in [1.82, 2.24) is 0 Å². The van der Waals surface area contributed by atoms with Crippen molar-refractivity contribution in [2.24, 2.45) is 5.73 Å². The van der Waals surface area contributed by atoms with Crippen LogP contribution in [-0.2, 0) is 0 Å². The normalized spacial score (nSPS) is 14.4. The molecule has 1 aromatic carbocycles. The van der Waals surface area contributed by atoms with Crippen LogP contribution < -0.4 is 5.73 Å². The van der Waals surface area contributed by atoms with E-state index in [9.17, 15) is 24.5 Å². The third-order valence-corrected chi connectivity index (χ3v) is 2.41. The number of nitrogens with two attached hydrogens (primary N) is 1. The first-order chi connectivity index (χ1) is 8.01. The number of carbonyl (C=O) groups is 1. The van der Waals surface area contributed by atoms with Crippen LogP contribution in [0.15, 0.2) is 12.1 Å². The van der Waals surface area contributed by atoms with E-state index in [0.29, 0.717) is 0 Å². The lowest BCUT2D eigenvalue weighted by atomic mass is 9.99. The number of phenols is 1. The van der Waals surface area contributed by atoms with Crippen LogP contribution in [0.2, 0.25) is 0 Å². The molecule has 0 bridgehead atoms. The highest BCUT2D eigenvalue weighted by Crippen LogP contribution is 2.27. The molecule has 2 unspecified atom stereocenters. The first-order valence-corrected chi connectivity index (χ1v) is 5.05. The van der Waals surface area contributed by atoms with Crippen molar-refractivity contribution in [3.8, 4) is 5.75 Å². The molecule has 0 radical (unpaired) electrons. The van der Waals surface area contributed by atoms with Crippen LogP contribution in [0.3, 0.4) is 0 Å². The highest BCUT2D eigenvalue weighted by molar-refractivity contribution is 5.79. The molecule has 17 heavy (non-hydrogen) atoms. The van der Waals surface area contributed by atoms with Gasteiger partial charge >= 0.3 is 0 Å². The van der Waals surface area contributed by atoms with Gasteiger partial charge in [-0.2, -0.15) is 0 Å². The minimum atomic E-state index is -1.35. The van der Waals surface area contributed by atoms with Gasteiger partial charge in [0, 0.05) is 0 Å². The van der Waals surface area contributed by atoms with E-state index >= 15 is 0 Å². The predicted octanol–water partition coefficient (Wildman–Crippen LogP) is 0.0869. The Kier molecular flexibility index (Phi) is 4.56. The maximum absolute atomic E-state index is 13.2. The Morgan fingerprint density at radius 3 is 2.59 bits per heavy atom. The Labute approximate surface area is 97.3 Å². The topological polar surface area (TPSA) is 104 Å². The molecule has 1 rings (SSSR count). The van der Waals surface area contributed by atoms with Gasteiger partial charge in [0.1, 0.15) is 6.10 Å². The monoisotopic (exact) mass is 243 g/mol. The minimum absolute atomic E-state index is 0.0170. The number of phenolic OH excluding ortho intramolecular Hbond substituents is 1. The number of benzene rings is 1. The molecule has 0 aromatic heterocycles. The minimum Gasteiger partial charge on any atom is -0.504 e. The Balaban J connectivity index is 3.06. The summed E-state index contributed by atoms with van der Waals surface area (Å²) in [5.41, 5.74) is 4.95. The average molecular weight is 243 g/mol. The van der Waals surface area contributed by atoms with Gasteiger partial charge in [0.05, 0.1) is 11.7 Å². The molecule has 5 nitrogen and oxygen atoms in total. The van der Waals surface area contributed by atoms with E-state index in [4.69, 9.17) is 5.73 Å². The molecule has 94 valence electrons. The molecule has 0 aliphatic carbocycles. The summed E-state index contributed by atoms with van der Waals surface area (Å²) in [4.78, 5) is 10.6. The smallest absolute Gasteiger partial charge is 0.165 e. The van der Waals surface area contributed by atoms with Crippen LogP contribution in [0.5, 0.6) is 5.75 Å². The summed E-state index contributed by atoms with van der Waals surface area (Å²) in [6.45, 7) is 0.166. The van der Waals surface area contributed by atoms with Crippen molar-refractivity contribution in [2.75, 3.05) is 6.54 Å². The molecule has 1 aromatic rings. The van der Waals surface area contributed by atoms with Gasteiger partial charge in [-0.15, -0.1) is 0 Å². The second-order valence-electron chi connectivity index (χ2n) is 3.65. The van der Waals surface area contributed by atoms with Crippen LogP contribution >= 0.6 is 0 Å². The van der Waals surface area contributed by atoms with Gasteiger partial charge < -0.3 is 21.1 Å². The highest BCUT2D eigenvalue weighted by Gasteiger charge is 2.20. The van der Waals surface area contributed by atoms with Crippen molar-refractivity contribution in [2.45, 2.75) is 18.6 Å². The number of rotatable bonds is 5. The molecule has 0 amide bonds. The number of aliphatic hydroxyl groups excluding tert-OH is 2. The standard InChI is InChI=1S/C11H14FNO4/c12-8-4-6(3-7(5-14)10(8)16)11(17)9(15)1-2-13/h3-5,9,11,15-17H,1-2,13H2. The van der Waals surface area contributed by atoms with E-state index in [0.717, 1.165) is 12.1 Å². The van der Waals surface area contributed by atoms with Crippen LogP contribution in [0.4, 0.5) is 4.39 Å². The molecule has 0 heterocycles. The third kappa shape index (κ3) is 3.00. The largest absolute Gasteiger partial charge is 0.504 e. The van der Waals surface area contributed by atoms with Gasteiger partial charge in [0.15, 0.2) is 17.9 Å². The Bertz CT molecular complexity index is 411. The van der Waals surface area contributed by atoms with E-state index < -0.39 is 23.8 Å². The van der Waals surface area contributed by atoms with Crippen LogP contribution in [0, 0.1) is 5.82 Å². The zero-order valence-corrected chi connectivity index (χ0v) is 9.01. The van der Waals surface area contributed by atoms with Crippen LogP contribution in [-0.4, -0.2) is 34.3 Å². The lowest BCUT2D eigenvalue weighted by Gasteiger charge is -2.18. The second-order valence-corrected chi connectivity index (χ2v) is 3.65. The lowest BCUT2D eigenvalue weighted by molar-refractivity contribution is 0.0148. The fourth-order valence-electron chi connectivity index (χ4n) is 1.45. The van der Waals surface area contributed by atoms with Gasteiger partial charge in [0.25, 0.3) is 0 Å². The molecule has 5 N–H and O–H groups in total. The number of aromatic hydroxyl groups is 1. The number of aldehydes is 1. The summed E-state index contributed by atoms with van der Waals surface area (Å²) in [5.74, 6) is -1.80. The number of aliphatic hydroxyl groups is 2. The SMILES string of the molecule is NCCC(O)C(O)c1cc(F)c(O)c(C=O)c1. The van der Waals surface area contributed by atoms with E-state index in [1.54, 1.807) is 0 Å². The lowest BCUT2D eigenvalue weighted by Crippen LogP contribution is -2.22. The number of hydrogen-bond donors (Lipinski definition) is 4. The van der Waals surface area contributed by atoms with Gasteiger partial charge in [-0.25, -0.2) is 4.39 Å². The molecule has 0 aliphatic rings. The maximum Gasteiger partial charge on any atom is 0.165 e. The molecule has 0 fully saturated rings. The molecular weight excluding hydrogens is 229 g/mol. The molecule has 0 aliphatic heterocycles. The third-order valence-electron chi connectivity index (χ3n) is 2.41. The number of halogens is 1. The summed E-state index contributed by atoms with van der Waals surface area (Å²) in [6, 6.07) is 1.99. The van der Waals surface area contributed by atoms with Crippen molar-refractivity contribution in [1.29, 1.82) is 0 Å². The van der Waals surface area contributed by atoms with E-state index in [1.165, 1.54) is 0 Å². The quantitative estimate of drug-likeness (QED) is 0.548. The van der Waals surface area contributed by atoms with Crippen LogP contribution in [0.1, 0.15) is 28.4 Å². The van der Waals surface area contributed by atoms with E-state index in [2.05, 4.69) is 0 Å². The zero-order valence-electron chi connectivity index (χ0n) is 9.01. The van der Waals surface area contributed by atoms with Gasteiger partial charge in [-0.3, -0.25) is 4.79 Å². The number of hydrogen-bond acceptors (Lipinski definition) is 5. The van der Waals surface area contributed by atoms with Crippen molar-refractivity contribution in [3.05, 3.63) is 29.1 Å². The van der Waals surface area contributed by atoms with Crippen molar-refractivity contribution >= 4 is 6.29 Å². The zero-order chi connectivity index (χ0) is 13.0. The Hall–Kier alpha value is -1.50. The predicted molar refractivity (Wildman–Crippen MR) is 58.1 cm³/mol. The Morgan fingerprint density at radius 2 is 2.06 bits per heavy atom. The van der Waals surface area contributed by atoms with Crippen molar-refractivity contribution in [3.63, 3.8) is 0 Å². The van der Waals surface area contributed by atoms with Gasteiger partial charge in [0.2, 0.25) is 0 Å². The second kappa shape index (κ2) is 5.72. The maximum atomic E-state index is 13.2. The summed E-state index contributed by atoms with van der Waals surface area (Å²) < 4.78 is 13.2. The first kappa shape index (κ1) is 13.6. The fraction of sp³-hybridized carbons (Fsp3) is 0.364.